The minimum atomic E-state index is -0.347. The SMILES string of the molecule is CC(C)(c1cc(-c2ccccc2)cc(N2C=CN(c3cc(C(C)(C)c4ccccc4)cc(C(C)(C)c4ccccc4)c3)C2)c1)c1cccc(N(c2ccccc2)c2ccccn2)c1. The van der Waals surface area contributed by atoms with Crippen LogP contribution in [0.4, 0.5) is 28.6 Å². The summed E-state index contributed by atoms with van der Waals surface area (Å²) in [5.74, 6) is 0.877. The Balaban J connectivity index is 1.10. The molecule has 0 unspecified atom stereocenters. The topological polar surface area (TPSA) is 22.6 Å². The van der Waals surface area contributed by atoms with Gasteiger partial charge in [0.15, 0.2) is 0 Å². The van der Waals surface area contributed by atoms with Crippen LogP contribution in [0.1, 0.15) is 74.9 Å². The van der Waals surface area contributed by atoms with Crippen LogP contribution in [0.3, 0.4) is 0 Å². The molecule has 1 aromatic heterocycles. The van der Waals surface area contributed by atoms with Crippen LogP contribution in [-0.4, -0.2) is 11.7 Å². The molecule has 7 aromatic carbocycles. The maximum atomic E-state index is 4.78. The van der Waals surface area contributed by atoms with Crippen LogP contribution in [0.5, 0.6) is 0 Å². The normalized spacial score (nSPS) is 13.0. The van der Waals surface area contributed by atoms with E-state index in [0.29, 0.717) is 6.67 Å². The number of para-hydroxylation sites is 1. The van der Waals surface area contributed by atoms with Gasteiger partial charge in [0.25, 0.3) is 0 Å². The van der Waals surface area contributed by atoms with E-state index in [1.165, 1.54) is 50.2 Å². The Bertz CT molecular complexity index is 2720. The first-order valence-electron chi connectivity index (χ1n) is 22.0. The third-order valence-electron chi connectivity index (χ3n) is 13.2. The van der Waals surface area contributed by atoms with E-state index < -0.39 is 0 Å². The average molecular weight is 821 g/mol. The molecule has 0 saturated heterocycles. The van der Waals surface area contributed by atoms with Crippen LogP contribution in [0.2, 0.25) is 0 Å². The molecule has 8 aromatic rings. The number of benzene rings is 7. The first-order valence-corrected chi connectivity index (χ1v) is 22.0. The molecule has 0 radical (unpaired) electrons. The summed E-state index contributed by atoms with van der Waals surface area (Å²) in [5.41, 5.74) is 13.7. The van der Waals surface area contributed by atoms with E-state index in [0.717, 1.165) is 22.9 Å². The predicted octanol–water partition coefficient (Wildman–Crippen LogP) is 15.0. The van der Waals surface area contributed by atoms with Crippen molar-refractivity contribution < 1.29 is 0 Å². The summed E-state index contributed by atoms with van der Waals surface area (Å²) >= 11 is 0. The zero-order chi connectivity index (χ0) is 43.6. The second-order valence-electron chi connectivity index (χ2n) is 18.3. The standard InChI is InChI=1S/C59H56N4/c1-57(2,46-24-13-8-14-25-46)50-38-51(58(3,4)47-26-15-9-16-27-47)42-55(41-50)62-35-34-61(43-62)54-37-45(44-22-11-7-12-23-44)36-49(40-54)59(5,6)48-28-21-31-53(39-48)63(52-29-17-10-18-30-52)56-32-19-20-33-60-56/h7-42H,43H2,1-6H3. The Morgan fingerprint density at radius 3 is 1.40 bits per heavy atom. The molecule has 0 N–H and O–H groups in total. The van der Waals surface area contributed by atoms with Gasteiger partial charge in [0, 0.05) is 57.6 Å². The summed E-state index contributed by atoms with van der Waals surface area (Å²) in [7, 11) is 0. The molecule has 0 fully saturated rings. The highest BCUT2D eigenvalue weighted by molar-refractivity contribution is 5.76. The van der Waals surface area contributed by atoms with Crippen molar-refractivity contribution in [3.05, 3.63) is 252 Å². The van der Waals surface area contributed by atoms with E-state index in [9.17, 15) is 0 Å². The summed E-state index contributed by atoms with van der Waals surface area (Å²) in [6.07, 6.45) is 6.34. The minimum absolute atomic E-state index is 0.209. The molecule has 4 nitrogen and oxygen atoms in total. The lowest BCUT2D eigenvalue weighted by Crippen LogP contribution is -2.28. The molecule has 0 atom stereocenters. The van der Waals surface area contributed by atoms with E-state index in [1.54, 1.807) is 0 Å². The smallest absolute Gasteiger partial charge is 0.137 e. The van der Waals surface area contributed by atoms with Crippen LogP contribution in [-0.2, 0) is 16.2 Å². The number of nitrogens with zero attached hydrogens (tertiary/aromatic N) is 4. The van der Waals surface area contributed by atoms with Gasteiger partial charge >= 0.3 is 0 Å². The molecule has 0 spiro atoms. The van der Waals surface area contributed by atoms with Crippen LogP contribution in [0, 0.1) is 0 Å². The van der Waals surface area contributed by atoms with E-state index in [4.69, 9.17) is 4.98 Å². The maximum absolute atomic E-state index is 4.78. The van der Waals surface area contributed by atoms with Crippen molar-refractivity contribution in [3.63, 3.8) is 0 Å². The van der Waals surface area contributed by atoms with Crippen LogP contribution >= 0.6 is 0 Å². The third kappa shape index (κ3) is 8.29. The highest BCUT2D eigenvalue weighted by Gasteiger charge is 2.31. The molecule has 1 aliphatic heterocycles. The Kier molecular flexibility index (Phi) is 11.1. The van der Waals surface area contributed by atoms with Gasteiger partial charge in [-0.25, -0.2) is 4.98 Å². The number of aromatic nitrogens is 1. The zero-order valence-electron chi connectivity index (χ0n) is 37.3. The quantitative estimate of drug-likeness (QED) is 0.122. The fraction of sp³-hybridized carbons (Fsp3) is 0.169. The Morgan fingerprint density at radius 2 is 0.841 bits per heavy atom. The lowest BCUT2D eigenvalue weighted by molar-refractivity contribution is 0.617. The highest BCUT2D eigenvalue weighted by atomic mass is 15.3. The minimum Gasteiger partial charge on any atom is -0.328 e. The molecule has 312 valence electrons. The molecule has 0 saturated carbocycles. The van der Waals surface area contributed by atoms with Crippen molar-refractivity contribution in [2.24, 2.45) is 0 Å². The number of pyridine rings is 1. The Morgan fingerprint density at radius 1 is 0.381 bits per heavy atom. The van der Waals surface area contributed by atoms with Crippen molar-refractivity contribution in [1.82, 2.24) is 4.98 Å². The number of rotatable bonds is 12. The molecule has 2 heterocycles. The molecular formula is C59H56N4. The number of hydrogen-bond donors (Lipinski definition) is 0. The number of hydrogen-bond acceptors (Lipinski definition) is 4. The van der Waals surface area contributed by atoms with Gasteiger partial charge in [-0.2, -0.15) is 0 Å². The zero-order valence-corrected chi connectivity index (χ0v) is 37.3. The van der Waals surface area contributed by atoms with Gasteiger partial charge < -0.3 is 9.80 Å². The lowest BCUT2D eigenvalue weighted by atomic mass is 9.73. The van der Waals surface area contributed by atoms with Gasteiger partial charge in [-0.3, -0.25) is 4.90 Å². The van der Waals surface area contributed by atoms with Gasteiger partial charge in [-0.15, -0.1) is 0 Å². The molecule has 1 aliphatic rings. The summed E-state index contributed by atoms with van der Waals surface area (Å²) < 4.78 is 0. The number of anilines is 5. The molecule has 0 bridgehead atoms. The predicted molar refractivity (Wildman–Crippen MR) is 265 cm³/mol. The van der Waals surface area contributed by atoms with Gasteiger partial charge in [0.2, 0.25) is 0 Å². The second kappa shape index (κ2) is 16.9. The summed E-state index contributed by atoms with van der Waals surface area (Å²) in [5, 5.41) is 0. The van der Waals surface area contributed by atoms with Crippen LogP contribution < -0.4 is 14.7 Å². The summed E-state index contributed by atoms with van der Waals surface area (Å²) in [6, 6.07) is 72.4. The van der Waals surface area contributed by atoms with Gasteiger partial charge in [-0.1, -0.05) is 181 Å². The van der Waals surface area contributed by atoms with Crippen LogP contribution in [0.15, 0.2) is 219 Å². The molecule has 0 amide bonds. The molecule has 0 aliphatic carbocycles. The monoisotopic (exact) mass is 820 g/mol. The Hall–Kier alpha value is -7.17. The van der Waals surface area contributed by atoms with Crippen molar-refractivity contribution in [2.75, 3.05) is 21.4 Å². The van der Waals surface area contributed by atoms with Crippen molar-refractivity contribution >= 4 is 28.6 Å². The van der Waals surface area contributed by atoms with Gasteiger partial charge in [-0.05, 0) is 105 Å². The fourth-order valence-corrected chi connectivity index (χ4v) is 8.91. The lowest BCUT2D eigenvalue weighted by Gasteiger charge is -2.33. The average Bonchev–Trinajstić information content (AvgIpc) is 3.84. The van der Waals surface area contributed by atoms with E-state index in [2.05, 4.69) is 257 Å². The van der Waals surface area contributed by atoms with Crippen molar-refractivity contribution in [1.29, 1.82) is 0 Å². The first kappa shape index (κ1) is 41.2. The summed E-state index contributed by atoms with van der Waals surface area (Å²) in [4.78, 5) is 11.8. The molecule has 63 heavy (non-hydrogen) atoms. The van der Waals surface area contributed by atoms with E-state index in [-0.39, 0.29) is 16.2 Å². The fourth-order valence-electron chi connectivity index (χ4n) is 8.91. The van der Waals surface area contributed by atoms with Crippen molar-refractivity contribution in [3.8, 4) is 11.1 Å². The molecular weight excluding hydrogens is 765 g/mol. The third-order valence-corrected chi connectivity index (χ3v) is 13.2. The first-order chi connectivity index (χ1) is 30.5. The summed E-state index contributed by atoms with van der Waals surface area (Å²) in [6.45, 7) is 14.8. The highest BCUT2D eigenvalue weighted by Crippen LogP contribution is 2.43. The van der Waals surface area contributed by atoms with Gasteiger partial charge in [0.05, 0.1) is 6.67 Å². The second-order valence-corrected chi connectivity index (χ2v) is 18.3. The van der Waals surface area contributed by atoms with Crippen LogP contribution in [0.25, 0.3) is 11.1 Å². The van der Waals surface area contributed by atoms with E-state index in [1.807, 2.05) is 18.3 Å². The van der Waals surface area contributed by atoms with Gasteiger partial charge in [0.1, 0.15) is 5.82 Å². The Labute approximate surface area is 374 Å². The van der Waals surface area contributed by atoms with Crippen molar-refractivity contribution in [2.45, 2.75) is 57.8 Å². The molecule has 4 heteroatoms. The molecule has 9 rings (SSSR count). The maximum Gasteiger partial charge on any atom is 0.137 e. The largest absolute Gasteiger partial charge is 0.328 e. The van der Waals surface area contributed by atoms with E-state index >= 15 is 0 Å².